The first-order valence-electron chi connectivity index (χ1n) is 4.83. The molecule has 1 heterocycles. The Morgan fingerprint density at radius 3 is 2.29 bits per heavy atom. The highest BCUT2D eigenvalue weighted by atomic mass is 35.5. The number of aromatic nitrogens is 1. The maximum Gasteiger partial charge on any atom is 0.221 e. The number of halogens is 3. The molecule has 2 nitrogen and oxygen atoms in total. The van der Waals surface area contributed by atoms with Crippen LogP contribution in [0.2, 0.25) is 10.0 Å². The number of rotatable bonds is 2. The van der Waals surface area contributed by atoms with Crippen molar-refractivity contribution in [3.05, 3.63) is 52.0 Å². The van der Waals surface area contributed by atoms with Gasteiger partial charge in [-0.05, 0) is 35.9 Å². The maximum atomic E-state index is 13.7. The monoisotopic (exact) mass is 271 g/mol. The third kappa shape index (κ3) is 2.75. The molecule has 0 amide bonds. The normalized spacial score (nSPS) is 10.6. The molecule has 1 aromatic heterocycles. The Hall–Kier alpha value is -1.16. The van der Waals surface area contributed by atoms with Gasteiger partial charge in [0.15, 0.2) is 0 Å². The molecule has 0 unspecified atom stereocenters. The van der Waals surface area contributed by atoms with Gasteiger partial charge in [0.05, 0.1) is 12.3 Å². The molecule has 5 heteroatoms. The minimum atomic E-state index is -0.658. The van der Waals surface area contributed by atoms with E-state index in [-0.39, 0.29) is 12.3 Å². The van der Waals surface area contributed by atoms with Gasteiger partial charge in [0.2, 0.25) is 5.95 Å². The van der Waals surface area contributed by atoms with E-state index in [0.717, 1.165) is 0 Å². The van der Waals surface area contributed by atoms with E-state index in [1.165, 1.54) is 6.07 Å². The molecule has 0 bridgehead atoms. The third-order valence-electron chi connectivity index (χ3n) is 2.24. The maximum absolute atomic E-state index is 13.7. The van der Waals surface area contributed by atoms with Crippen molar-refractivity contribution in [2.75, 3.05) is 0 Å². The zero-order valence-electron chi connectivity index (χ0n) is 8.62. The minimum Gasteiger partial charge on any atom is -0.390 e. The van der Waals surface area contributed by atoms with E-state index < -0.39 is 5.95 Å². The van der Waals surface area contributed by atoms with Gasteiger partial charge in [-0.3, -0.25) is 0 Å². The molecule has 2 rings (SSSR count). The molecule has 0 aliphatic rings. The summed E-state index contributed by atoms with van der Waals surface area (Å²) >= 11 is 11.7. The number of benzene rings is 1. The Bertz CT molecular complexity index is 540. The number of aliphatic hydroxyl groups is 1. The van der Waals surface area contributed by atoms with Crippen molar-refractivity contribution < 1.29 is 9.50 Å². The molecule has 0 aliphatic carbocycles. The van der Waals surface area contributed by atoms with Crippen LogP contribution in [0.1, 0.15) is 5.69 Å². The largest absolute Gasteiger partial charge is 0.390 e. The van der Waals surface area contributed by atoms with E-state index in [4.69, 9.17) is 28.3 Å². The fourth-order valence-corrected chi connectivity index (χ4v) is 2.01. The molecule has 0 aliphatic heterocycles. The van der Waals surface area contributed by atoms with Gasteiger partial charge in [-0.25, -0.2) is 4.98 Å². The number of hydrogen-bond acceptors (Lipinski definition) is 2. The number of pyridine rings is 1. The molecule has 0 fully saturated rings. The van der Waals surface area contributed by atoms with Gasteiger partial charge in [0.25, 0.3) is 0 Å². The summed E-state index contributed by atoms with van der Waals surface area (Å²) in [5.74, 6) is -0.658. The highest BCUT2D eigenvalue weighted by molar-refractivity contribution is 6.35. The molecule has 88 valence electrons. The van der Waals surface area contributed by atoms with E-state index in [0.29, 0.717) is 21.2 Å². The molecule has 2 aromatic rings. The van der Waals surface area contributed by atoms with Gasteiger partial charge in [-0.1, -0.05) is 23.2 Å². The molecule has 0 spiro atoms. The van der Waals surface area contributed by atoms with Crippen LogP contribution in [0.3, 0.4) is 0 Å². The molecule has 0 atom stereocenters. The molecular weight excluding hydrogens is 264 g/mol. The standard InChI is InChI=1S/C12H8Cl2FNO/c13-8-3-7(4-9(14)5-8)11-2-1-10(6-17)16-12(11)15/h1-5,17H,6H2. The lowest BCUT2D eigenvalue weighted by atomic mass is 10.1. The zero-order valence-corrected chi connectivity index (χ0v) is 10.1. The number of aliphatic hydroxyl groups excluding tert-OH is 1. The van der Waals surface area contributed by atoms with Crippen molar-refractivity contribution in [3.8, 4) is 11.1 Å². The van der Waals surface area contributed by atoms with E-state index >= 15 is 0 Å². The summed E-state index contributed by atoms with van der Waals surface area (Å²) in [6.07, 6.45) is 0. The minimum absolute atomic E-state index is 0.277. The van der Waals surface area contributed by atoms with E-state index in [2.05, 4.69) is 4.98 Å². The second kappa shape index (κ2) is 5.00. The van der Waals surface area contributed by atoms with Gasteiger partial charge < -0.3 is 5.11 Å². The lowest BCUT2D eigenvalue weighted by molar-refractivity contribution is 0.275. The smallest absolute Gasteiger partial charge is 0.221 e. The highest BCUT2D eigenvalue weighted by Gasteiger charge is 2.09. The predicted octanol–water partition coefficient (Wildman–Crippen LogP) is 3.69. The van der Waals surface area contributed by atoms with Gasteiger partial charge in [0.1, 0.15) is 0 Å². The van der Waals surface area contributed by atoms with Crippen LogP contribution in [0.4, 0.5) is 4.39 Å². The molecular formula is C12H8Cl2FNO. The highest BCUT2D eigenvalue weighted by Crippen LogP contribution is 2.28. The van der Waals surface area contributed by atoms with Crippen LogP contribution in [0.5, 0.6) is 0 Å². The van der Waals surface area contributed by atoms with Crippen LogP contribution in [0.15, 0.2) is 30.3 Å². The third-order valence-corrected chi connectivity index (χ3v) is 2.68. The SMILES string of the molecule is OCc1ccc(-c2cc(Cl)cc(Cl)c2)c(F)n1. The lowest BCUT2D eigenvalue weighted by Gasteiger charge is -2.05. The van der Waals surface area contributed by atoms with Crippen LogP contribution in [0, 0.1) is 5.95 Å². The molecule has 0 saturated carbocycles. The summed E-state index contributed by atoms with van der Waals surface area (Å²) in [7, 11) is 0. The Balaban J connectivity index is 2.52. The van der Waals surface area contributed by atoms with E-state index in [1.54, 1.807) is 24.3 Å². The first kappa shape index (κ1) is 12.3. The Labute approximate surface area is 108 Å². The first-order valence-corrected chi connectivity index (χ1v) is 5.58. The van der Waals surface area contributed by atoms with Crippen molar-refractivity contribution in [2.45, 2.75) is 6.61 Å². The van der Waals surface area contributed by atoms with Crippen molar-refractivity contribution in [1.82, 2.24) is 4.98 Å². The zero-order chi connectivity index (χ0) is 12.4. The van der Waals surface area contributed by atoms with Crippen LogP contribution >= 0.6 is 23.2 Å². The molecule has 1 N–H and O–H groups in total. The first-order chi connectivity index (χ1) is 8.10. The lowest BCUT2D eigenvalue weighted by Crippen LogP contribution is -1.95. The second-order valence-corrected chi connectivity index (χ2v) is 4.33. The Morgan fingerprint density at radius 2 is 1.76 bits per heavy atom. The topological polar surface area (TPSA) is 33.1 Å². The van der Waals surface area contributed by atoms with Gasteiger partial charge in [0, 0.05) is 15.6 Å². The van der Waals surface area contributed by atoms with Crippen molar-refractivity contribution >= 4 is 23.2 Å². The number of nitrogens with zero attached hydrogens (tertiary/aromatic N) is 1. The average Bonchev–Trinajstić information content (AvgIpc) is 2.27. The van der Waals surface area contributed by atoms with Crippen molar-refractivity contribution in [2.24, 2.45) is 0 Å². The Kier molecular flexibility index (Phi) is 3.62. The van der Waals surface area contributed by atoms with Gasteiger partial charge >= 0.3 is 0 Å². The predicted molar refractivity (Wildman–Crippen MR) is 65.6 cm³/mol. The molecule has 17 heavy (non-hydrogen) atoms. The second-order valence-electron chi connectivity index (χ2n) is 3.46. The van der Waals surface area contributed by atoms with Crippen molar-refractivity contribution in [1.29, 1.82) is 0 Å². The quantitative estimate of drug-likeness (QED) is 0.846. The van der Waals surface area contributed by atoms with E-state index in [1.807, 2.05) is 0 Å². The van der Waals surface area contributed by atoms with Crippen LogP contribution in [0.25, 0.3) is 11.1 Å². The van der Waals surface area contributed by atoms with Gasteiger partial charge in [-0.15, -0.1) is 0 Å². The summed E-state index contributed by atoms with van der Waals surface area (Å²) in [4.78, 5) is 3.62. The van der Waals surface area contributed by atoms with Crippen LogP contribution in [-0.4, -0.2) is 10.1 Å². The van der Waals surface area contributed by atoms with Crippen LogP contribution in [-0.2, 0) is 6.61 Å². The Morgan fingerprint density at radius 1 is 1.12 bits per heavy atom. The summed E-state index contributed by atoms with van der Waals surface area (Å²) in [6, 6.07) is 7.86. The summed E-state index contributed by atoms with van der Waals surface area (Å²) < 4.78 is 13.7. The fourth-order valence-electron chi connectivity index (χ4n) is 1.48. The van der Waals surface area contributed by atoms with Crippen molar-refractivity contribution in [3.63, 3.8) is 0 Å². The average molecular weight is 272 g/mol. The van der Waals surface area contributed by atoms with E-state index in [9.17, 15) is 4.39 Å². The summed E-state index contributed by atoms with van der Waals surface area (Å²) in [5.41, 5.74) is 1.13. The molecule has 0 radical (unpaired) electrons. The summed E-state index contributed by atoms with van der Waals surface area (Å²) in [6.45, 7) is -0.298. The van der Waals surface area contributed by atoms with Crippen LogP contribution < -0.4 is 0 Å². The number of hydrogen-bond donors (Lipinski definition) is 1. The summed E-state index contributed by atoms with van der Waals surface area (Å²) in [5, 5.41) is 9.70. The molecule has 1 aromatic carbocycles. The fraction of sp³-hybridized carbons (Fsp3) is 0.0833. The van der Waals surface area contributed by atoms with Gasteiger partial charge in [-0.2, -0.15) is 4.39 Å². The molecule has 0 saturated heterocycles.